The zero-order valence-corrected chi connectivity index (χ0v) is 16.5. The molecular formula is C21H23N3O5. The smallest absolute Gasteiger partial charge is 0.339 e. The van der Waals surface area contributed by atoms with Gasteiger partial charge in [0, 0.05) is 19.3 Å². The highest BCUT2D eigenvalue weighted by atomic mass is 16.5. The molecule has 0 aromatic heterocycles. The number of amides is 4. The van der Waals surface area contributed by atoms with E-state index < -0.39 is 29.9 Å². The van der Waals surface area contributed by atoms with E-state index in [9.17, 15) is 19.2 Å². The van der Waals surface area contributed by atoms with E-state index in [0.29, 0.717) is 12.2 Å². The lowest BCUT2D eigenvalue weighted by atomic mass is 10.1. The Hall–Kier alpha value is -3.68. The Balaban J connectivity index is 2.15. The van der Waals surface area contributed by atoms with Crippen molar-refractivity contribution in [2.75, 3.05) is 18.5 Å². The largest absolute Gasteiger partial charge is 0.449 e. The Morgan fingerprint density at radius 3 is 2.17 bits per heavy atom. The van der Waals surface area contributed by atoms with Gasteiger partial charge >= 0.3 is 12.0 Å². The number of anilines is 1. The highest BCUT2D eigenvalue weighted by Crippen LogP contribution is 2.18. The Kier molecular flexibility index (Phi) is 7.47. The lowest BCUT2D eigenvalue weighted by molar-refractivity contribution is -0.127. The van der Waals surface area contributed by atoms with Gasteiger partial charge in [-0.15, -0.1) is 0 Å². The maximum absolute atomic E-state index is 12.9. The van der Waals surface area contributed by atoms with Crippen LogP contribution in [0.5, 0.6) is 0 Å². The van der Waals surface area contributed by atoms with Gasteiger partial charge in [-0.2, -0.15) is 0 Å². The Bertz CT molecular complexity index is 898. The van der Waals surface area contributed by atoms with E-state index >= 15 is 0 Å². The Labute approximate surface area is 168 Å². The molecule has 2 aromatic carbocycles. The quantitative estimate of drug-likeness (QED) is 0.728. The van der Waals surface area contributed by atoms with Gasteiger partial charge in [0.15, 0.2) is 6.10 Å². The number of esters is 1. The van der Waals surface area contributed by atoms with Crippen molar-refractivity contribution >= 4 is 29.5 Å². The maximum Gasteiger partial charge on any atom is 0.339 e. The van der Waals surface area contributed by atoms with E-state index in [4.69, 9.17) is 4.74 Å². The van der Waals surface area contributed by atoms with Gasteiger partial charge in [-0.05, 0) is 38.1 Å². The van der Waals surface area contributed by atoms with E-state index in [-0.39, 0.29) is 11.1 Å². The lowest BCUT2D eigenvalue weighted by Crippen LogP contribution is -2.44. The number of benzene rings is 2. The standard InChI is InChI=1S/C21H23N3O5/c1-4-22-21(28)23-18(25)14(2)29-20(27)17-13-9-8-12-16(17)19(26)24(3)15-10-6-5-7-11-15/h5-14H,4H2,1-3H3,(H2,22,23,25,28). The van der Waals surface area contributed by atoms with Crippen LogP contribution in [0.3, 0.4) is 0 Å². The van der Waals surface area contributed by atoms with Crippen LogP contribution in [-0.2, 0) is 9.53 Å². The molecular weight excluding hydrogens is 374 g/mol. The van der Waals surface area contributed by atoms with Gasteiger partial charge in [-0.1, -0.05) is 30.3 Å². The first kappa shape index (κ1) is 21.6. The van der Waals surface area contributed by atoms with Crippen molar-refractivity contribution < 1.29 is 23.9 Å². The summed E-state index contributed by atoms with van der Waals surface area (Å²) in [5, 5.41) is 4.48. The van der Waals surface area contributed by atoms with Crippen molar-refractivity contribution in [3.8, 4) is 0 Å². The minimum Gasteiger partial charge on any atom is -0.449 e. The average molecular weight is 397 g/mol. The molecule has 0 saturated carbocycles. The molecule has 29 heavy (non-hydrogen) atoms. The molecule has 0 spiro atoms. The van der Waals surface area contributed by atoms with Crippen LogP contribution in [0.25, 0.3) is 0 Å². The molecule has 0 heterocycles. The zero-order chi connectivity index (χ0) is 21.4. The number of hydrogen-bond acceptors (Lipinski definition) is 5. The van der Waals surface area contributed by atoms with E-state index in [0.717, 1.165) is 0 Å². The predicted octanol–water partition coefficient (Wildman–Crippen LogP) is 2.35. The number of rotatable bonds is 6. The van der Waals surface area contributed by atoms with Crippen molar-refractivity contribution in [2.24, 2.45) is 0 Å². The van der Waals surface area contributed by atoms with Gasteiger partial charge < -0.3 is 15.0 Å². The summed E-state index contributed by atoms with van der Waals surface area (Å²) in [5.41, 5.74) is 0.827. The SMILES string of the molecule is CCNC(=O)NC(=O)C(C)OC(=O)c1ccccc1C(=O)N(C)c1ccccc1. The highest BCUT2D eigenvalue weighted by Gasteiger charge is 2.25. The summed E-state index contributed by atoms with van der Waals surface area (Å²) < 4.78 is 5.15. The number of urea groups is 1. The van der Waals surface area contributed by atoms with Gasteiger partial charge in [-0.25, -0.2) is 9.59 Å². The van der Waals surface area contributed by atoms with Crippen LogP contribution < -0.4 is 15.5 Å². The van der Waals surface area contributed by atoms with Crippen LogP contribution in [0.1, 0.15) is 34.6 Å². The van der Waals surface area contributed by atoms with Gasteiger partial charge in [0.1, 0.15) is 0 Å². The third-order valence-corrected chi connectivity index (χ3v) is 4.05. The molecule has 1 unspecified atom stereocenters. The fraction of sp³-hybridized carbons (Fsp3) is 0.238. The second-order valence-corrected chi connectivity index (χ2v) is 6.14. The van der Waals surface area contributed by atoms with Crippen molar-refractivity contribution in [3.63, 3.8) is 0 Å². The summed E-state index contributed by atoms with van der Waals surface area (Å²) >= 11 is 0. The van der Waals surface area contributed by atoms with Crippen molar-refractivity contribution in [2.45, 2.75) is 20.0 Å². The molecule has 0 bridgehead atoms. The van der Waals surface area contributed by atoms with Crippen LogP contribution in [0.4, 0.5) is 10.5 Å². The number of nitrogens with one attached hydrogen (secondary N) is 2. The molecule has 0 fully saturated rings. The van der Waals surface area contributed by atoms with E-state index in [1.807, 2.05) is 6.07 Å². The maximum atomic E-state index is 12.9. The lowest BCUT2D eigenvalue weighted by Gasteiger charge is -2.19. The molecule has 0 saturated heterocycles. The Morgan fingerprint density at radius 1 is 0.966 bits per heavy atom. The minimum absolute atomic E-state index is 0.0259. The van der Waals surface area contributed by atoms with Crippen molar-refractivity contribution in [1.29, 1.82) is 0 Å². The van der Waals surface area contributed by atoms with E-state index in [1.165, 1.54) is 24.0 Å². The first-order valence-electron chi connectivity index (χ1n) is 9.07. The molecule has 2 rings (SSSR count). The molecule has 0 aliphatic rings. The molecule has 0 radical (unpaired) electrons. The van der Waals surface area contributed by atoms with Crippen LogP contribution in [0, 0.1) is 0 Å². The molecule has 152 valence electrons. The summed E-state index contributed by atoms with van der Waals surface area (Å²) in [4.78, 5) is 50.3. The molecule has 8 nitrogen and oxygen atoms in total. The van der Waals surface area contributed by atoms with Gasteiger partial charge in [-0.3, -0.25) is 14.9 Å². The highest BCUT2D eigenvalue weighted by molar-refractivity contribution is 6.12. The fourth-order valence-corrected chi connectivity index (χ4v) is 2.49. The number of ether oxygens (including phenoxy) is 1. The Morgan fingerprint density at radius 2 is 1.55 bits per heavy atom. The minimum atomic E-state index is -1.22. The summed E-state index contributed by atoms with van der Waals surface area (Å²) in [6.45, 7) is 3.39. The first-order chi connectivity index (χ1) is 13.8. The van der Waals surface area contributed by atoms with Gasteiger partial charge in [0.2, 0.25) is 0 Å². The number of hydrogen-bond donors (Lipinski definition) is 2. The third kappa shape index (κ3) is 5.65. The third-order valence-electron chi connectivity index (χ3n) is 4.05. The number of nitrogens with zero attached hydrogens (tertiary/aromatic N) is 1. The number of imide groups is 1. The number of carbonyl (C=O) groups excluding carboxylic acids is 4. The van der Waals surface area contributed by atoms with E-state index in [1.54, 1.807) is 50.4 Å². The molecule has 1 atom stereocenters. The summed E-state index contributed by atoms with van der Waals surface area (Å²) in [7, 11) is 1.60. The second kappa shape index (κ2) is 10.0. The van der Waals surface area contributed by atoms with Gasteiger partial charge in [0.05, 0.1) is 11.1 Å². The number of carbonyl (C=O) groups is 4. The van der Waals surface area contributed by atoms with Gasteiger partial charge in [0.25, 0.3) is 11.8 Å². The van der Waals surface area contributed by atoms with Crippen LogP contribution >= 0.6 is 0 Å². The molecule has 8 heteroatoms. The fourth-order valence-electron chi connectivity index (χ4n) is 2.49. The summed E-state index contributed by atoms with van der Waals surface area (Å²) in [6, 6.07) is 14.5. The molecule has 0 aliphatic carbocycles. The first-order valence-corrected chi connectivity index (χ1v) is 9.07. The summed E-state index contributed by atoms with van der Waals surface area (Å²) in [6.07, 6.45) is -1.22. The van der Waals surface area contributed by atoms with Crippen LogP contribution in [-0.4, -0.2) is 43.5 Å². The van der Waals surface area contributed by atoms with E-state index in [2.05, 4.69) is 10.6 Å². The van der Waals surface area contributed by atoms with Crippen molar-refractivity contribution in [1.82, 2.24) is 10.6 Å². The molecule has 4 amide bonds. The second-order valence-electron chi connectivity index (χ2n) is 6.14. The topological polar surface area (TPSA) is 105 Å². The monoisotopic (exact) mass is 397 g/mol. The molecule has 2 aromatic rings. The van der Waals surface area contributed by atoms with Crippen LogP contribution in [0.15, 0.2) is 54.6 Å². The molecule has 2 N–H and O–H groups in total. The zero-order valence-electron chi connectivity index (χ0n) is 16.5. The normalized spacial score (nSPS) is 11.1. The number of para-hydroxylation sites is 1. The summed E-state index contributed by atoms with van der Waals surface area (Å²) in [5.74, 6) is -2.01. The van der Waals surface area contributed by atoms with Crippen molar-refractivity contribution in [3.05, 3.63) is 65.7 Å². The predicted molar refractivity (Wildman–Crippen MR) is 108 cm³/mol. The van der Waals surface area contributed by atoms with Crippen LogP contribution in [0.2, 0.25) is 0 Å². The average Bonchev–Trinajstić information content (AvgIpc) is 2.73. The molecule has 0 aliphatic heterocycles.